The topological polar surface area (TPSA) is 54.6 Å². The normalized spacial score (nSPS) is 14.3. The Labute approximate surface area is 122 Å². The molecule has 0 amide bonds. The molecule has 1 rings (SSSR count). The van der Waals surface area contributed by atoms with Gasteiger partial charge in [0.25, 0.3) is 0 Å². The third-order valence-electron chi connectivity index (χ3n) is 3.50. The molecule has 116 valence electrons. The molecule has 0 aromatic carbocycles. The number of aliphatic hydroxyl groups is 1. The molecular weight excluding hydrogens is 254 g/mol. The van der Waals surface area contributed by atoms with E-state index < -0.39 is 6.10 Å². The number of hydrogen-bond acceptors (Lipinski definition) is 4. The minimum atomic E-state index is -0.453. The van der Waals surface area contributed by atoms with Gasteiger partial charge in [-0.2, -0.15) is 0 Å². The second kappa shape index (κ2) is 10.9. The highest BCUT2D eigenvalue weighted by Crippen LogP contribution is 2.12. The van der Waals surface area contributed by atoms with Gasteiger partial charge in [-0.15, -0.1) is 0 Å². The molecule has 2 N–H and O–H groups in total. The molecule has 1 aromatic rings. The summed E-state index contributed by atoms with van der Waals surface area (Å²) < 4.78 is 10.6. The second-order valence-electron chi connectivity index (χ2n) is 5.37. The summed E-state index contributed by atoms with van der Waals surface area (Å²) in [6.45, 7) is 6.82. The molecule has 1 aromatic heterocycles. The first-order valence-corrected chi connectivity index (χ1v) is 7.73. The number of rotatable bonds is 12. The van der Waals surface area contributed by atoms with Crippen molar-refractivity contribution in [3.8, 4) is 0 Å². The smallest absolute Gasteiger partial charge is 0.0947 e. The van der Waals surface area contributed by atoms with Gasteiger partial charge in [0.05, 0.1) is 25.2 Å². The van der Waals surface area contributed by atoms with Crippen LogP contribution < -0.4 is 5.32 Å². The van der Waals surface area contributed by atoms with E-state index in [9.17, 15) is 5.11 Å². The number of nitrogens with one attached hydrogen (secondary N) is 1. The van der Waals surface area contributed by atoms with Crippen LogP contribution in [-0.2, 0) is 11.3 Å². The van der Waals surface area contributed by atoms with Crippen LogP contribution in [0.25, 0.3) is 0 Å². The van der Waals surface area contributed by atoms with Crippen LogP contribution in [0.15, 0.2) is 23.0 Å². The number of ether oxygens (including phenoxy) is 1. The molecule has 0 aliphatic carbocycles. The fourth-order valence-electron chi connectivity index (χ4n) is 2.10. The van der Waals surface area contributed by atoms with Crippen molar-refractivity contribution in [2.24, 2.45) is 5.92 Å². The van der Waals surface area contributed by atoms with Crippen molar-refractivity contribution in [1.29, 1.82) is 0 Å². The largest absolute Gasteiger partial charge is 0.472 e. The van der Waals surface area contributed by atoms with Crippen molar-refractivity contribution >= 4 is 0 Å². The number of hydrogen-bond donors (Lipinski definition) is 2. The van der Waals surface area contributed by atoms with Gasteiger partial charge < -0.3 is 19.6 Å². The summed E-state index contributed by atoms with van der Waals surface area (Å²) in [6.07, 6.45) is 7.77. The SMILES string of the molecule is CCCCC(CC)COCC(O)CNCc1ccoc1. The predicted molar refractivity (Wildman–Crippen MR) is 80.5 cm³/mol. The molecule has 0 bridgehead atoms. The van der Waals surface area contributed by atoms with E-state index in [4.69, 9.17) is 9.15 Å². The van der Waals surface area contributed by atoms with Crippen molar-refractivity contribution in [2.45, 2.75) is 52.2 Å². The lowest BCUT2D eigenvalue weighted by Gasteiger charge is -2.17. The predicted octanol–water partition coefficient (Wildman–Crippen LogP) is 2.96. The Kier molecular flexibility index (Phi) is 9.37. The van der Waals surface area contributed by atoms with E-state index in [1.165, 1.54) is 19.3 Å². The fourth-order valence-corrected chi connectivity index (χ4v) is 2.10. The maximum Gasteiger partial charge on any atom is 0.0947 e. The third kappa shape index (κ3) is 7.68. The Morgan fingerprint density at radius 2 is 2.20 bits per heavy atom. The van der Waals surface area contributed by atoms with Crippen LogP contribution in [0.3, 0.4) is 0 Å². The fraction of sp³-hybridized carbons (Fsp3) is 0.750. The summed E-state index contributed by atoms with van der Waals surface area (Å²) in [5.41, 5.74) is 1.09. The Bertz CT molecular complexity index is 314. The average molecular weight is 283 g/mol. The van der Waals surface area contributed by atoms with Gasteiger partial charge in [-0.05, 0) is 18.4 Å². The molecule has 0 aliphatic heterocycles. The maximum absolute atomic E-state index is 9.83. The Hall–Kier alpha value is -0.840. The summed E-state index contributed by atoms with van der Waals surface area (Å²) in [5, 5.41) is 13.0. The molecule has 0 fully saturated rings. The molecule has 4 heteroatoms. The number of unbranched alkanes of at least 4 members (excludes halogenated alkanes) is 1. The zero-order chi connectivity index (χ0) is 14.6. The summed E-state index contributed by atoms with van der Waals surface area (Å²) in [4.78, 5) is 0. The molecule has 2 unspecified atom stereocenters. The van der Waals surface area contributed by atoms with E-state index in [0.717, 1.165) is 18.6 Å². The van der Waals surface area contributed by atoms with E-state index in [1.807, 2.05) is 6.07 Å². The number of furan rings is 1. The van der Waals surface area contributed by atoms with Crippen LogP contribution in [0.5, 0.6) is 0 Å². The van der Waals surface area contributed by atoms with E-state index in [2.05, 4.69) is 19.2 Å². The average Bonchev–Trinajstić information content (AvgIpc) is 2.96. The van der Waals surface area contributed by atoms with Crippen molar-refractivity contribution in [3.05, 3.63) is 24.2 Å². The van der Waals surface area contributed by atoms with Gasteiger partial charge in [-0.3, -0.25) is 0 Å². The van der Waals surface area contributed by atoms with E-state index >= 15 is 0 Å². The van der Waals surface area contributed by atoms with Gasteiger partial charge >= 0.3 is 0 Å². The quantitative estimate of drug-likeness (QED) is 0.619. The van der Waals surface area contributed by atoms with Crippen molar-refractivity contribution in [1.82, 2.24) is 5.32 Å². The van der Waals surface area contributed by atoms with Crippen LogP contribution in [0.2, 0.25) is 0 Å². The summed E-state index contributed by atoms with van der Waals surface area (Å²) in [7, 11) is 0. The van der Waals surface area contributed by atoms with Gasteiger partial charge in [0.2, 0.25) is 0 Å². The molecule has 0 saturated heterocycles. The maximum atomic E-state index is 9.83. The monoisotopic (exact) mass is 283 g/mol. The van der Waals surface area contributed by atoms with Gasteiger partial charge in [0.1, 0.15) is 0 Å². The molecule has 20 heavy (non-hydrogen) atoms. The van der Waals surface area contributed by atoms with Crippen LogP contribution in [0.1, 0.15) is 45.1 Å². The summed E-state index contributed by atoms with van der Waals surface area (Å²) in [6, 6.07) is 1.91. The van der Waals surface area contributed by atoms with Gasteiger partial charge in [0.15, 0.2) is 0 Å². The zero-order valence-corrected chi connectivity index (χ0v) is 12.8. The second-order valence-corrected chi connectivity index (χ2v) is 5.37. The molecule has 4 nitrogen and oxygen atoms in total. The molecule has 0 aliphatic rings. The van der Waals surface area contributed by atoms with Crippen molar-refractivity contribution < 1.29 is 14.3 Å². The first-order chi connectivity index (χ1) is 9.76. The van der Waals surface area contributed by atoms with Gasteiger partial charge in [-0.25, -0.2) is 0 Å². The van der Waals surface area contributed by atoms with E-state index in [1.54, 1.807) is 12.5 Å². The molecular formula is C16H29NO3. The van der Waals surface area contributed by atoms with Gasteiger partial charge in [-0.1, -0.05) is 33.1 Å². The Morgan fingerprint density at radius 3 is 2.85 bits per heavy atom. The first-order valence-electron chi connectivity index (χ1n) is 7.73. The third-order valence-corrected chi connectivity index (χ3v) is 3.50. The lowest BCUT2D eigenvalue weighted by molar-refractivity contribution is 0.0192. The molecule has 0 saturated carbocycles. The summed E-state index contributed by atoms with van der Waals surface area (Å²) in [5.74, 6) is 0.626. The molecule has 0 radical (unpaired) electrons. The van der Waals surface area contributed by atoms with Crippen LogP contribution >= 0.6 is 0 Å². The van der Waals surface area contributed by atoms with Gasteiger partial charge in [0, 0.05) is 25.3 Å². The highest BCUT2D eigenvalue weighted by atomic mass is 16.5. The molecule has 2 atom stereocenters. The summed E-state index contributed by atoms with van der Waals surface area (Å²) >= 11 is 0. The highest BCUT2D eigenvalue weighted by molar-refractivity contribution is 5.04. The minimum Gasteiger partial charge on any atom is -0.472 e. The Morgan fingerprint density at radius 1 is 1.35 bits per heavy atom. The van der Waals surface area contributed by atoms with Crippen LogP contribution in [-0.4, -0.2) is 31.0 Å². The first kappa shape index (κ1) is 17.2. The standard InChI is InChI=1S/C16H29NO3/c1-3-5-6-14(4-2)11-20-13-16(18)10-17-9-15-7-8-19-12-15/h7-8,12,14,16-18H,3-6,9-11,13H2,1-2H3. The minimum absolute atomic E-state index is 0.404. The highest BCUT2D eigenvalue weighted by Gasteiger charge is 2.09. The Balaban J connectivity index is 2.02. The molecule has 1 heterocycles. The van der Waals surface area contributed by atoms with Crippen molar-refractivity contribution in [2.75, 3.05) is 19.8 Å². The van der Waals surface area contributed by atoms with Crippen molar-refractivity contribution in [3.63, 3.8) is 0 Å². The van der Waals surface area contributed by atoms with E-state index in [-0.39, 0.29) is 0 Å². The lowest BCUT2D eigenvalue weighted by Crippen LogP contribution is -2.30. The zero-order valence-electron chi connectivity index (χ0n) is 12.8. The van der Waals surface area contributed by atoms with E-state index in [0.29, 0.717) is 25.6 Å². The van der Waals surface area contributed by atoms with Crippen LogP contribution in [0, 0.1) is 5.92 Å². The lowest BCUT2D eigenvalue weighted by atomic mass is 10.0. The molecule has 0 spiro atoms. The van der Waals surface area contributed by atoms with Crippen LogP contribution in [0.4, 0.5) is 0 Å². The number of aliphatic hydroxyl groups excluding tert-OH is 1.